The van der Waals surface area contributed by atoms with E-state index in [2.05, 4.69) is 16.0 Å². The molecule has 6 heteroatoms. The van der Waals surface area contributed by atoms with Gasteiger partial charge in [0.05, 0.1) is 25.1 Å². The quantitative estimate of drug-likeness (QED) is 0.837. The molecule has 0 aromatic carbocycles. The molecule has 1 spiro atoms. The van der Waals surface area contributed by atoms with Crippen LogP contribution in [-0.4, -0.2) is 68.9 Å². The molecule has 0 bridgehead atoms. The summed E-state index contributed by atoms with van der Waals surface area (Å²) in [5.74, 6) is 0.0729. The van der Waals surface area contributed by atoms with Crippen molar-refractivity contribution in [2.75, 3.05) is 58.0 Å². The molecule has 3 rings (SSSR count). The van der Waals surface area contributed by atoms with Gasteiger partial charge < -0.3 is 19.3 Å². The Bertz CT molecular complexity index is 525. The molecular formula is C17H25N3O3. The minimum Gasteiger partial charge on any atom is -0.379 e. The van der Waals surface area contributed by atoms with E-state index in [4.69, 9.17) is 9.47 Å². The third-order valence-electron chi connectivity index (χ3n) is 4.73. The summed E-state index contributed by atoms with van der Waals surface area (Å²) in [6.45, 7) is 4.89. The molecule has 0 aliphatic carbocycles. The van der Waals surface area contributed by atoms with E-state index in [1.807, 2.05) is 17.2 Å². The van der Waals surface area contributed by atoms with E-state index < -0.39 is 0 Å². The van der Waals surface area contributed by atoms with Crippen LogP contribution in [0.4, 0.5) is 5.69 Å². The van der Waals surface area contributed by atoms with Crippen LogP contribution in [0.3, 0.4) is 0 Å². The molecule has 1 aromatic rings. The summed E-state index contributed by atoms with van der Waals surface area (Å²) < 4.78 is 10.9. The first-order chi connectivity index (χ1) is 11.2. The number of carbonyl (C=O) groups excluding carboxylic acids is 1. The fraction of sp³-hybridized carbons (Fsp3) is 0.647. The predicted molar refractivity (Wildman–Crippen MR) is 87.4 cm³/mol. The number of anilines is 1. The normalized spacial score (nSPS) is 25.4. The van der Waals surface area contributed by atoms with Crippen molar-refractivity contribution in [3.05, 3.63) is 24.5 Å². The highest BCUT2D eigenvalue weighted by Crippen LogP contribution is 2.34. The number of rotatable bonds is 3. The maximum Gasteiger partial charge on any atom is 0.248 e. The number of hydrogen-bond acceptors (Lipinski definition) is 5. The van der Waals surface area contributed by atoms with E-state index >= 15 is 0 Å². The minimum atomic E-state index is -0.00596. The first-order valence-electron chi connectivity index (χ1n) is 8.22. The summed E-state index contributed by atoms with van der Waals surface area (Å²) in [5, 5.41) is 0. The van der Waals surface area contributed by atoms with Crippen molar-refractivity contribution < 1.29 is 14.3 Å². The third-order valence-corrected chi connectivity index (χ3v) is 4.73. The van der Waals surface area contributed by atoms with E-state index in [0.717, 1.165) is 44.7 Å². The Labute approximate surface area is 137 Å². The Kier molecular flexibility index (Phi) is 5.13. The monoisotopic (exact) mass is 319 g/mol. The molecule has 3 heterocycles. The zero-order valence-corrected chi connectivity index (χ0v) is 13.7. The van der Waals surface area contributed by atoms with E-state index in [1.54, 1.807) is 13.3 Å². The number of piperidine rings is 1. The number of likely N-dealkylation sites (tertiary alicyclic amines) is 1. The average Bonchev–Trinajstić information content (AvgIpc) is 2.79. The molecule has 1 aromatic heterocycles. The third kappa shape index (κ3) is 3.82. The molecule has 126 valence electrons. The maximum absolute atomic E-state index is 12.2. The Balaban J connectivity index is 1.75. The SMILES string of the molecule is COCC(=O)N1CCC[C@@]2(COCCN(c3cccnc3)C2)C1. The van der Waals surface area contributed by atoms with Gasteiger partial charge in [0.2, 0.25) is 5.91 Å². The number of hydrogen-bond donors (Lipinski definition) is 0. The van der Waals surface area contributed by atoms with Crippen LogP contribution < -0.4 is 4.90 Å². The fourth-order valence-electron chi connectivity index (χ4n) is 3.64. The van der Waals surface area contributed by atoms with Crippen LogP contribution in [0.15, 0.2) is 24.5 Å². The molecule has 0 radical (unpaired) electrons. The largest absolute Gasteiger partial charge is 0.379 e. The lowest BCUT2D eigenvalue weighted by Crippen LogP contribution is -2.52. The summed E-state index contributed by atoms with van der Waals surface area (Å²) in [7, 11) is 1.57. The number of methoxy groups -OCH3 is 1. The van der Waals surface area contributed by atoms with E-state index in [0.29, 0.717) is 13.2 Å². The zero-order valence-electron chi connectivity index (χ0n) is 13.7. The first kappa shape index (κ1) is 16.2. The molecule has 2 fully saturated rings. The number of amides is 1. The van der Waals surface area contributed by atoms with Crippen molar-refractivity contribution in [2.24, 2.45) is 5.41 Å². The van der Waals surface area contributed by atoms with Crippen LogP contribution in [-0.2, 0) is 14.3 Å². The van der Waals surface area contributed by atoms with Gasteiger partial charge in [0.15, 0.2) is 0 Å². The van der Waals surface area contributed by atoms with Crippen LogP contribution in [0, 0.1) is 5.41 Å². The van der Waals surface area contributed by atoms with Crippen LogP contribution in [0.1, 0.15) is 12.8 Å². The number of aromatic nitrogens is 1. The second-order valence-electron chi connectivity index (χ2n) is 6.54. The molecule has 2 aliphatic heterocycles. The van der Waals surface area contributed by atoms with Gasteiger partial charge in [0.1, 0.15) is 6.61 Å². The lowest BCUT2D eigenvalue weighted by atomic mass is 9.80. The summed E-state index contributed by atoms with van der Waals surface area (Å²) in [4.78, 5) is 20.7. The molecule has 2 aliphatic rings. The molecule has 0 N–H and O–H groups in total. The zero-order chi connectivity index (χ0) is 16.1. The summed E-state index contributed by atoms with van der Waals surface area (Å²) in [5.41, 5.74) is 1.12. The highest BCUT2D eigenvalue weighted by Gasteiger charge is 2.40. The van der Waals surface area contributed by atoms with Crippen LogP contribution in [0.25, 0.3) is 0 Å². The van der Waals surface area contributed by atoms with Gasteiger partial charge in [-0.15, -0.1) is 0 Å². The lowest BCUT2D eigenvalue weighted by molar-refractivity contribution is -0.139. The summed E-state index contributed by atoms with van der Waals surface area (Å²) >= 11 is 0. The van der Waals surface area contributed by atoms with Crippen LogP contribution in [0.2, 0.25) is 0 Å². The van der Waals surface area contributed by atoms with Gasteiger partial charge >= 0.3 is 0 Å². The van der Waals surface area contributed by atoms with Gasteiger partial charge in [-0.25, -0.2) is 0 Å². The second kappa shape index (κ2) is 7.27. The number of pyridine rings is 1. The van der Waals surface area contributed by atoms with Gasteiger partial charge in [0, 0.05) is 44.9 Å². The maximum atomic E-state index is 12.2. The van der Waals surface area contributed by atoms with Crippen molar-refractivity contribution in [1.82, 2.24) is 9.88 Å². The van der Waals surface area contributed by atoms with Gasteiger partial charge in [-0.2, -0.15) is 0 Å². The Morgan fingerprint density at radius 3 is 3.13 bits per heavy atom. The smallest absolute Gasteiger partial charge is 0.248 e. The molecule has 23 heavy (non-hydrogen) atoms. The van der Waals surface area contributed by atoms with Crippen molar-refractivity contribution in [3.8, 4) is 0 Å². The van der Waals surface area contributed by atoms with Crippen molar-refractivity contribution >= 4 is 11.6 Å². The highest BCUT2D eigenvalue weighted by atomic mass is 16.5. The van der Waals surface area contributed by atoms with E-state index in [9.17, 15) is 4.79 Å². The van der Waals surface area contributed by atoms with Gasteiger partial charge in [-0.1, -0.05) is 0 Å². The standard InChI is InChI=1S/C17H25N3O3/c1-22-11-16(21)20-7-3-5-17(13-20)12-19(8-9-23-14-17)15-4-2-6-18-10-15/h2,4,6,10H,3,5,7-9,11-14H2,1H3/t17-/m0/s1. The van der Waals surface area contributed by atoms with E-state index in [1.165, 1.54) is 0 Å². The Morgan fingerprint density at radius 1 is 1.43 bits per heavy atom. The number of ether oxygens (including phenoxy) is 2. The van der Waals surface area contributed by atoms with Gasteiger partial charge in [-0.05, 0) is 25.0 Å². The van der Waals surface area contributed by atoms with Crippen LogP contribution >= 0.6 is 0 Å². The van der Waals surface area contributed by atoms with Crippen molar-refractivity contribution in [1.29, 1.82) is 0 Å². The average molecular weight is 319 g/mol. The molecule has 0 unspecified atom stereocenters. The molecule has 1 atom stereocenters. The number of carbonyl (C=O) groups is 1. The van der Waals surface area contributed by atoms with Gasteiger partial charge in [0.25, 0.3) is 0 Å². The van der Waals surface area contributed by atoms with Crippen molar-refractivity contribution in [2.45, 2.75) is 12.8 Å². The lowest BCUT2D eigenvalue weighted by Gasteiger charge is -2.43. The topological polar surface area (TPSA) is 54.9 Å². The molecular weight excluding hydrogens is 294 g/mol. The minimum absolute atomic E-state index is 0.00596. The predicted octanol–water partition coefficient (Wildman–Crippen LogP) is 1.17. The Hall–Kier alpha value is -1.66. The van der Waals surface area contributed by atoms with E-state index in [-0.39, 0.29) is 17.9 Å². The second-order valence-corrected chi connectivity index (χ2v) is 6.54. The molecule has 0 saturated carbocycles. The molecule has 1 amide bonds. The Morgan fingerprint density at radius 2 is 2.35 bits per heavy atom. The summed E-state index contributed by atoms with van der Waals surface area (Å²) in [6.07, 6.45) is 5.79. The van der Waals surface area contributed by atoms with Crippen molar-refractivity contribution in [3.63, 3.8) is 0 Å². The first-order valence-corrected chi connectivity index (χ1v) is 8.22. The van der Waals surface area contributed by atoms with Crippen LogP contribution in [0.5, 0.6) is 0 Å². The molecule has 6 nitrogen and oxygen atoms in total. The molecule has 2 saturated heterocycles. The fourth-order valence-corrected chi connectivity index (χ4v) is 3.64. The summed E-state index contributed by atoms with van der Waals surface area (Å²) in [6, 6.07) is 4.05. The number of nitrogens with zero attached hydrogens (tertiary/aromatic N) is 3. The highest BCUT2D eigenvalue weighted by molar-refractivity contribution is 5.77. The van der Waals surface area contributed by atoms with Gasteiger partial charge in [-0.3, -0.25) is 9.78 Å².